The number of alkyl halides is 9. The normalized spacial score (nSPS) is 12.2. The molecule has 19 heteroatoms. The van der Waals surface area contributed by atoms with Crippen molar-refractivity contribution < 1.29 is 68.8 Å². The number of ether oxygens (including phenoxy) is 2. The van der Waals surface area contributed by atoms with Gasteiger partial charge in [-0.05, 0) is 54.8 Å². The number of aromatic amines is 1. The second-order valence-electron chi connectivity index (χ2n) is 9.06. The highest BCUT2D eigenvalue weighted by molar-refractivity contribution is 5.86. The van der Waals surface area contributed by atoms with Gasteiger partial charge in [-0.25, -0.2) is 9.59 Å². The zero-order chi connectivity index (χ0) is 34.9. The van der Waals surface area contributed by atoms with Gasteiger partial charge in [-0.2, -0.15) is 31.4 Å². The zero-order valence-electron chi connectivity index (χ0n) is 23.2. The average Bonchev–Trinajstić information content (AvgIpc) is 3.32. The van der Waals surface area contributed by atoms with Crippen molar-refractivity contribution in [3.63, 3.8) is 0 Å². The number of aryl methyl sites for hydroxylation is 1. The van der Waals surface area contributed by atoms with E-state index in [0.29, 0.717) is 12.2 Å². The molecule has 4 aromatic rings. The first-order valence-corrected chi connectivity index (χ1v) is 12.4. The second-order valence-corrected chi connectivity index (χ2v) is 9.06. The monoisotopic (exact) mass is 670 g/mol. The smallest absolute Gasteiger partial charge is 0.490 e. The Morgan fingerprint density at radius 1 is 0.848 bits per heavy atom. The fourth-order valence-corrected chi connectivity index (χ4v) is 3.37. The van der Waals surface area contributed by atoms with Crippen molar-refractivity contribution in [2.24, 2.45) is 5.73 Å². The summed E-state index contributed by atoms with van der Waals surface area (Å²) in [6, 6.07) is 13.1. The van der Waals surface area contributed by atoms with E-state index in [4.69, 9.17) is 30.3 Å². The molecule has 0 aliphatic carbocycles. The SMILES string of the molecule is Cc1[nH]nc2ccc(-c3cncc(OC[C@@H](N)Cc4ccc(OC(F)(F)F)cc4)c3)cc12.O=C(O)C(F)(F)F.O=C(O)C(F)(F)F. The number of aromatic nitrogens is 3. The Kier molecular flexibility index (Phi) is 12.3. The summed E-state index contributed by atoms with van der Waals surface area (Å²) in [5.74, 6) is -5.20. The lowest BCUT2D eigenvalue weighted by molar-refractivity contribution is -0.274. The molecule has 0 aliphatic heterocycles. The standard InChI is InChI=1S/C23H21F3N4O2.2C2HF3O2/c1-14-21-10-16(4-7-22(21)30-29-14)17-9-20(12-28-11-17)31-13-18(27)8-15-2-5-19(6-3-15)32-23(24,25)26;2*3-2(4,5)1(6)7/h2-7,9-12,18H,8,13,27H2,1H3,(H,29,30);2*(H,6,7)/t18-;;/m0../s1. The van der Waals surface area contributed by atoms with Crippen molar-refractivity contribution in [2.45, 2.75) is 38.1 Å². The third-order valence-corrected chi connectivity index (χ3v) is 5.40. The van der Waals surface area contributed by atoms with Crippen molar-refractivity contribution in [3.05, 3.63) is 72.2 Å². The maximum absolute atomic E-state index is 12.3. The number of hydrogen-bond acceptors (Lipinski definition) is 7. The molecular formula is C27H23F9N4O6. The molecule has 2 aromatic carbocycles. The summed E-state index contributed by atoms with van der Waals surface area (Å²) in [7, 11) is 0. The number of carboxylic acids is 2. The number of H-pyrrole nitrogens is 1. The number of benzene rings is 2. The van der Waals surface area contributed by atoms with Crippen molar-refractivity contribution in [2.75, 3.05) is 6.61 Å². The van der Waals surface area contributed by atoms with Gasteiger partial charge >= 0.3 is 30.7 Å². The predicted octanol–water partition coefficient (Wildman–Crippen LogP) is 6.05. The molecule has 2 heterocycles. The summed E-state index contributed by atoms with van der Waals surface area (Å²) in [5, 5.41) is 22.5. The molecule has 1 atom stereocenters. The Balaban J connectivity index is 0.000000440. The number of pyridine rings is 1. The first-order valence-electron chi connectivity index (χ1n) is 12.4. The first-order chi connectivity index (χ1) is 21.2. The maximum atomic E-state index is 12.3. The van der Waals surface area contributed by atoms with Crippen LogP contribution in [-0.2, 0) is 16.0 Å². The number of fused-ring (bicyclic) bond motifs is 1. The fraction of sp³-hybridized carbons (Fsp3) is 0.259. The van der Waals surface area contributed by atoms with Crippen LogP contribution in [0.15, 0.2) is 60.9 Å². The summed E-state index contributed by atoms with van der Waals surface area (Å²) < 4.78 is 110. The van der Waals surface area contributed by atoms with Gasteiger partial charge in [0.2, 0.25) is 0 Å². The largest absolute Gasteiger partial charge is 0.573 e. The van der Waals surface area contributed by atoms with Crippen LogP contribution in [0.1, 0.15) is 11.3 Å². The van der Waals surface area contributed by atoms with Crippen molar-refractivity contribution in [1.82, 2.24) is 15.2 Å². The minimum atomic E-state index is -5.08. The van der Waals surface area contributed by atoms with E-state index in [2.05, 4.69) is 19.9 Å². The molecule has 0 saturated carbocycles. The topological polar surface area (TPSA) is 161 Å². The minimum Gasteiger partial charge on any atom is -0.490 e. The second kappa shape index (κ2) is 15.3. The number of aliphatic carboxylic acids is 2. The predicted molar refractivity (Wildman–Crippen MR) is 142 cm³/mol. The third kappa shape index (κ3) is 12.5. The van der Waals surface area contributed by atoms with Crippen LogP contribution in [0, 0.1) is 6.92 Å². The zero-order valence-corrected chi connectivity index (χ0v) is 23.2. The minimum absolute atomic E-state index is 0.228. The van der Waals surface area contributed by atoms with Crippen LogP contribution in [0.5, 0.6) is 11.5 Å². The van der Waals surface area contributed by atoms with E-state index in [-0.39, 0.29) is 18.4 Å². The highest BCUT2D eigenvalue weighted by atomic mass is 19.4. The van der Waals surface area contributed by atoms with E-state index < -0.39 is 30.7 Å². The molecule has 46 heavy (non-hydrogen) atoms. The summed E-state index contributed by atoms with van der Waals surface area (Å²) >= 11 is 0. The number of hydrogen-bond donors (Lipinski definition) is 4. The Hall–Kier alpha value is -5.07. The quantitative estimate of drug-likeness (QED) is 0.172. The molecule has 5 N–H and O–H groups in total. The Labute approximate surface area is 252 Å². The van der Waals surface area contributed by atoms with E-state index in [9.17, 15) is 39.5 Å². The van der Waals surface area contributed by atoms with E-state index in [1.165, 1.54) is 12.1 Å². The molecule has 10 nitrogen and oxygen atoms in total. The van der Waals surface area contributed by atoms with Gasteiger partial charge in [-0.1, -0.05) is 18.2 Å². The van der Waals surface area contributed by atoms with E-state index in [0.717, 1.165) is 33.3 Å². The highest BCUT2D eigenvalue weighted by Gasteiger charge is 2.39. The lowest BCUT2D eigenvalue weighted by atomic mass is 10.0. The lowest BCUT2D eigenvalue weighted by Crippen LogP contribution is -2.30. The van der Waals surface area contributed by atoms with Crippen molar-refractivity contribution in [3.8, 4) is 22.6 Å². The van der Waals surface area contributed by atoms with Crippen LogP contribution in [0.25, 0.3) is 22.0 Å². The van der Waals surface area contributed by atoms with Crippen molar-refractivity contribution >= 4 is 22.8 Å². The van der Waals surface area contributed by atoms with Crippen LogP contribution in [0.4, 0.5) is 39.5 Å². The van der Waals surface area contributed by atoms with Crippen LogP contribution in [-0.4, -0.2) is 68.7 Å². The van der Waals surface area contributed by atoms with E-state index in [1.54, 1.807) is 24.5 Å². The molecular weight excluding hydrogens is 647 g/mol. The highest BCUT2D eigenvalue weighted by Crippen LogP contribution is 2.27. The van der Waals surface area contributed by atoms with Gasteiger partial charge < -0.3 is 25.4 Å². The fourth-order valence-electron chi connectivity index (χ4n) is 3.37. The molecule has 0 fully saturated rings. The molecule has 0 unspecified atom stereocenters. The Morgan fingerprint density at radius 2 is 1.41 bits per heavy atom. The lowest BCUT2D eigenvalue weighted by Gasteiger charge is -2.14. The number of carboxylic acid groups (broad SMARTS) is 2. The number of halogens is 9. The molecule has 2 aromatic heterocycles. The summed E-state index contributed by atoms with van der Waals surface area (Å²) in [5.41, 5.74) is 10.7. The summed E-state index contributed by atoms with van der Waals surface area (Å²) in [4.78, 5) is 22.0. The maximum Gasteiger partial charge on any atom is 0.573 e. The molecule has 0 amide bonds. The molecule has 0 saturated heterocycles. The molecule has 0 bridgehead atoms. The molecule has 0 spiro atoms. The van der Waals surface area contributed by atoms with Gasteiger partial charge in [-0.3, -0.25) is 10.1 Å². The van der Waals surface area contributed by atoms with Crippen LogP contribution < -0.4 is 15.2 Å². The van der Waals surface area contributed by atoms with Gasteiger partial charge in [0, 0.05) is 28.9 Å². The van der Waals surface area contributed by atoms with Crippen LogP contribution in [0.3, 0.4) is 0 Å². The van der Waals surface area contributed by atoms with Gasteiger partial charge in [-0.15, -0.1) is 13.2 Å². The first kappa shape index (κ1) is 37.1. The number of nitrogens with one attached hydrogen (secondary N) is 1. The van der Waals surface area contributed by atoms with Crippen LogP contribution in [0.2, 0.25) is 0 Å². The summed E-state index contributed by atoms with van der Waals surface area (Å²) in [6.45, 7) is 2.20. The van der Waals surface area contributed by atoms with Gasteiger partial charge in [0.05, 0.1) is 11.7 Å². The Morgan fingerprint density at radius 3 is 1.93 bits per heavy atom. The molecule has 250 valence electrons. The molecule has 0 radical (unpaired) electrons. The van der Waals surface area contributed by atoms with E-state index >= 15 is 0 Å². The van der Waals surface area contributed by atoms with Gasteiger partial charge in [0.25, 0.3) is 0 Å². The van der Waals surface area contributed by atoms with Gasteiger partial charge in [0.15, 0.2) is 0 Å². The third-order valence-electron chi connectivity index (χ3n) is 5.40. The van der Waals surface area contributed by atoms with Gasteiger partial charge in [0.1, 0.15) is 18.1 Å². The summed E-state index contributed by atoms with van der Waals surface area (Å²) in [6.07, 6.45) is -11.1. The average molecular weight is 670 g/mol. The number of nitrogens with zero attached hydrogens (tertiary/aromatic N) is 2. The molecule has 4 rings (SSSR count). The number of rotatable bonds is 7. The van der Waals surface area contributed by atoms with Crippen LogP contribution >= 0.6 is 0 Å². The molecule has 0 aliphatic rings. The number of nitrogens with two attached hydrogens (primary N) is 1. The number of carbonyl (C=O) groups is 2. The Bertz CT molecular complexity index is 1580. The van der Waals surface area contributed by atoms with Crippen molar-refractivity contribution in [1.29, 1.82) is 0 Å². The van der Waals surface area contributed by atoms with E-state index in [1.807, 2.05) is 31.2 Å².